The molecule has 134 valence electrons. The Balaban J connectivity index is 1.58. The lowest BCUT2D eigenvalue weighted by Crippen LogP contribution is -2.46. The maximum Gasteiger partial charge on any atom is 0.410 e. The topological polar surface area (TPSA) is 56.6 Å². The molecule has 0 N–H and O–H groups in total. The molecule has 0 unspecified atom stereocenters. The minimum absolute atomic E-state index is 0.0136. The number of ether oxygens (including phenoxy) is 2. The Kier molecular flexibility index (Phi) is 4.97. The smallest absolute Gasteiger partial charge is 0.410 e. The lowest BCUT2D eigenvalue weighted by molar-refractivity contribution is 0.00776. The summed E-state index contributed by atoms with van der Waals surface area (Å²) in [5, 5.41) is 0. The average molecular weight is 343 g/mol. The van der Waals surface area contributed by atoms with E-state index in [-0.39, 0.29) is 12.2 Å². The van der Waals surface area contributed by atoms with E-state index in [0.29, 0.717) is 13.1 Å². The third kappa shape index (κ3) is 4.75. The van der Waals surface area contributed by atoms with Gasteiger partial charge in [-0.3, -0.25) is 0 Å². The zero-order valence-corrected chi connectivity index (χ0v) is 15.0. The molecule has 25 heavy (non-hydrogen) atoms. The molecular formula is C19H25N3O3. The zero-order valence-electron chi connectivity index (χ0n) is 15.0. The molecule has 0 saturated carbocycles. The largest absolute Gasteiger partial charge is 0.489 e. The summed E-state index contributed by atoms with van der Waals surface area (Å²) in [4.78, 5) is 18.0. The van der Waals surface area contributed by atoms with E-state index >= 15 is 0 Å². The monoisotopic (exact) mass is 343 g/mol. The third-order valence-corrected chi connectivity index (χ3v) is 3.97. The number of carbonyl (C=O) groups is 1. The number of likely N-dealkylation sites (tertiary alicyclic amines) is 1. The van der Waals surface area contributed by atoms with Gasteiger partial charge in [0, 0.05) is 24.6 Å². The van der Waals surface area contributed by atoms with Gasteiger partial charge in [0.1, 0.15) is 17.5 Å². The molecule has 1 fully saturated rings. The number of rotatable bonds is 3. The number of hydrogen-bond donors (Lipinski definition) is 0. The summed E-state index contributed by atoms with van der Waals surface area (Å²) < 4.78 is 13.5. The summed E-state index contributed by atoms with van der Waals surface area (Å²) in [6, 6.07) is 7.88. The van der Waals surface area contributed by atoms with Crippen LogP contribution in [0.3, 0.4) is 0 Å². The van der Waals surface area contributed by atoms with E-state index in [9.17, 15) is 4.79 Å². The van der Waals surface area contributed by atoms with Gasteiger partial charge in [-0.25, -0.2) is 9.78 Å². The van der Waals surface area contributed by atoms with Crippen molar-refractivity contribution in [3.8, 4) is 11.4 Å². The van der Waals surface area contributed by atoms with Crippen molar-refractivity contribution in [2.45, 2.75) is 45.3 Å². The Hall–Kier alpha value is -2.50. The van der Waals surface area contributed by atoms with Gasteiger partial charge in [0.25, 0.3) is 0 Å². The first-order valence-corrected chi connectivity index (χ1v) is 8.64. The van der Waals surface area contributed by atoms with Crippen molar-refractivity contribution < 1.29 is 14.3 Å². The van der Waals surface area contributed by atoms with Gasteiger partial charge in [-0.15, -0.1) is 0 Å². The molecule has 6 heteroatoms. The van der Waals surface area contributed by atoms with Crippen LogP contribution in [0.25, 0.3) is 5.69 Å². The Morgan fingerprint density at radius 2 is 2.00 bits per heavy atom. The van der Waals surface area contributed by atoms with Crippen LogP contribution in [0.2, 0.25) is 0 Å². The van der Waals surface area contributed by atoms with Gasteiger partial charge in [0.2, 0.25) is 0 Å². The van der Waals surface area contributed by atoms with E-state index in [4.69, 9.17) is 9.47 Å². The molecule has 1 aromatic heterocycles. The van der Waals surface area contributed by atoms with Crippen molar-refractivity contribution in [3.63, 3.8) is 0 Å². The molecule has 3 rings (SSSR count). The number of amides is 1. The molecule has 2 aromatic rings. The van der Waals surface area contributed by atoms with Gasteiger partial charge >= 0.3 is 6.09 Å². The maximum atomic E-state index is 12.2. The summed E-state index contributed by atoms with van der Waals surface area (Å²) in [5.41, 5.74) is 0.553. The second-order valence-corrected chi connectivity index (χ2v) is 7.27. The summed E-state index contributed by atoms with van der Waals surface area (Å²) in [6.07, 6.45) is 6.97. The third-order valence-electron chi connectivity index (χ3n) is 3.97. The van der Waals surface area contributed by atoms with Gasteiger partial charge in [-0.2, -0.15) is 0 Å². The molecule has 0 aliphatic carbocycles. The summed E-state index contributed by atoms with van der Waals surface area (Å²) >= 11 is 0. The number of hydrogen-bond acceptors (Lipinski definition) is 4. The highest BCUT2D eigenvalue weighted by atomic mass is 16.6. The van der Waals surface area contributed by atoms with Gasteiger partial charge < -0.3 is 18.9 Å². The number of imidazole rings is 1. The standard InChI is InChI=1S/C19H25N3O3/c1-19(2,3)25-18(23)21-11-4-5-17(13-21)24-16-8-6-15(7-9-16)22-12-10-20-14-22/h6-10,12,14,17H,4-5,11,13H2,1-3H3/t17-/m1/s1. The Morgan fingerprint density at radius 1 is 1.24 bits per heavy atom. The first kappa shape index (κ1) is 17.3. The van der Waals surface area contributed by atoms with Crippen molar-refractivity contribution in [1.82, 2.24) is 14.5 Å². The number of piperidine rings is 1. The SMILES string of the molecule is CC(C)(C)OC(=O)N1CCC[C@@H](Oc2ccc(-n3ccnc3)cc2)C1. The highest BCUT2D eigenvalue weighted by molar-refractivity contribution is 5.68. The van der Waals surface area contributed by atoms with Crippen LogP contribution in [0.4, 0.5) is 4.79 Å². The van der Waals surface area contributed by atoms with Crippen LogP contribution >= 0.6 is 0 Å². The molecule has 1 aromatic carbocycles. The van der Waals surface area contributed by atoms with Crippen molar-refractivity contribution in [2.75, 3.05) is 13.1 Å². The number of aromatic nitrogens is 2. The van der Waals surface area contributed by atoms with E-state index in [1.807, 2.05) is 55.8 Å². The molecule has 0 bridgehead atoms. The minimum Gasteiger partial charge on any atom is -0.489 e. The molecule has 1 aliphatic heterocycles. The second kappa shape index (κ2) is 7.17. The highest BCUT2D eigenvalue weighted by Gasteiger charge is 2.28. The van der Waals surface area contributed by atoms with Crippen LogP contribution in [0, 0.1) is 0 Å². The highest BCUT2D eigenvalue weighted by Crippen LogP contribution is 2.21. The van der Waals surface area contributed by atoms with E-state index in [1.54, 1.807) is 17.4 Å². The van der Waals surface area contributed by atoms with E-state index in [0.717, 1.165) is 24.3 Å². The first-order chi connectivity index (χ1) is 11.9. The quantitative estimate of drug-likeness (QED) is 0.853. The van der Waals surface area contributed by atoms with E-state index < -0.39 is 5.60 Å². The maximum absolute atomic E-state index is 12.2. The fourth-order valence-corrected chi connectivity index (χ4v) is 2.83. The molecule has 1 saturated heterocycles. The Labute approximate surface area is 148 Å². The van der Waals surface area contributed by atoms with Crippen molar-refractivity contribution in [2.24, 2.45) is 0 Å². The molecular weight excluding hydrogens is 318 g/mol. The molecule has 1 aliphatic rings. The summed E-state index contributed by atoms with van der Waals surface area (Å²) in [7, 11) is 0. The van der Waals surface area contributed by atoms with Crippen LogP contribution in [-0.2, 0) is 4.74 Å². The first-order valence-electron chi connectivity index (χ1n) is 8.64. The van der Waals surface area contributed by atoms with E-state index in [1.165, 1.54) is 0 Å². The molecule has 0 spiro atoms. The van der Waals surface area contributed by atoms with Crippen LogP contribution in [0.1, 0.15) is 33.6 Å². The summed E-state index contributed by atoms with van der Waals surface area (Å²) in [6.45, 7) is 6.91. The molecule has 2 heterocycles. The number of nitrogens with zero attached hydrogens (tertiary/aromatic N) is 3. The fourth-order valence-electron chi connectivity index (χ4n) is 2.83. The van der Waals surface area contributed by atoms with Crippen LogP contribution in [-0.4, -0.2) is 45.3 Å². The molecule has 6 nitrogen and oxygen atoms in total. The van der Waals surface area contributed by atoms with Crippen LogP contribution in [0.15, 0.2) is 43.0 Å². The predicted molar refractivity (Wildman–Crippen MR) is 95.0 cm³/mol. The Bertz CT molecular complexity index is 690. The number of carbonyl (C=O) groups excluding carboxylic acids is 1. The average Bonchev–Trinajstić information content (AvgIpc) is 3.09. The van der Waals surface area contributed by atoms with Gasteiger partial charge in [0.15, 0.2) is 0 Å². The number of benzene rings is 1. The normalized spacial score (nSPS) is 18.0. The second-order valence-electron chi connectivity index (χ2n) is 7.27. The van der Waals surface area contributed by atoms with Gasteiger partial charge in [-0.05, 0) is 57.9 Å². The predicted octanol–water partition coefficient (Wildman–Crippen LogP) is 3.65. The molecule has 1 atom stereocenters. The lowest BCUT2D eigenvalue weighted by atomic mass is 10.1. The van der Waals surface area contributed by atoms with Crippen LogP contribution < -0.4 is 4.74 Å². The Morgan fingerprint density at radius 3 is 2.64 bits per heavy atom. The van der Waals surface area contributed by atoms with Crippen molar-refractivity contribution in [3.05, 3.63) is 43.0 Å². The molecule has 0 radical (unpaired) electrons. The van der Waals surface area contributed by atoms with Gasteiger partial charge in [0.05, 0.1) is 12.9 Å². The van der Waals surface area contributed by atoms with Gasteiger partial charge in [-0.1, -0.05) is 0 Å². The molecule has 1 amide bonds. The van der Waals surface area contributed by atoms with E-state index in [2.05, 4.69) is 4.98 Å². The fraction of sp³-hybridized carbons (Fsp3) is 0.474. The van der Waals surface area contributed by atoms with Crippen molar-refractivity contribution >= 4 is 6.09 Å². The van der Waals surface area contributed by atoms with Crippen molar-refractivity contribution in [1.29, 1.82) is 0 Å². The summed E-state index contributed by atoms with van der Waals surface area (Å²) in [5.74, 6) is 0.805. The van der Waals surface area contributed by atoms with Crippen LogP contribution in [0.5, 0.6) is 5.75 Å². The zero-order chi connectivity index (χ0) is 17.9. The lowest BCUT2D eigenvalue weighted by Gasteiger charge is -2.34. The minimum atomic E-state index is -0.478.